The van der Waals surface area contributed by atoms with Crippen LogP contribution in [-0.4, -0.2) is 61.9 Å². The second kappa shape index (κ2) is 11.7. The lowest BCUT2D eigenvalue weighted by molar-refractivity contribution is -0.144. The molecule has 2 aliphatic heterocycles. The van der Waals surface area contributed by atoms with Crippen molar-refractivity contribution in [1.29, 1.82) is 0 Å². The number of carbonyl (C=O) groups excluding carboxylic acids is 1. The van der Waals surface area contributed by atoms with E-state index in [2.05, 4.69) is 102 Å². The number of hydrogen-bond acceptors (Lipinski definition) is 5. The largest absolute Gasteiger partial charge is 0.353 e. The van der Waals surface area contributed by atoms with Crippen molar-refractivity contribution < 1.29 is 4.79 Å². The minimum atomic E-state index is -0.702. The molecule has 2 saturated heterocycles. The van der Waals surface area contributed by atoms with Crippen molar-refractivity contribution >= 4 is 27.8 Å². The number of hydrogen-bond donors (Lipinski definition) is 3. The van der Waals surface area contributed by atoms with E-state index >= 15 is 0 Å². The number of nitrogens with zero attached hydrogens (tertiary/aromatic N) is 4. The van der Waals surface area contributed by atoms with Crippen LogP contribution in [0.5, 0.6) is 0 Å². The number of aromatic nitrogens is 5. The number of fused-ring (bicyclic) bond motifs is 5. The molecule has 1 atom stereocenters. The van der Waals surface area contributed by atoms with Gasteiger partial charge < -0.3 is 15.2 Å². The summed E-state index contributed by atoms with van der Waals surface area (Å²) in [6, 6.07) is 15.6. The van der Waals surface area contributed by atoms with Gasteiger partial charge in [0, 0.05) is 24.5 Å². The fourth-order valence-corrected chi connectivity index (χ4v) is 7.79. The highest BCUT2D eigenvalue weighted by Crippen LogP contribution is 2.40. The predicted octanol–water partition coefficient (Wildman–Crippen LogP) is 6.73. The zero-order valence-corrected chi connectivity index (χ0v) is 27.2. The zero-order chi connectivity index (χ0) is 31.3. The normalized spacial score (nSPS) is 19.1. The Morgan fingerprint density at radius 2 is 1.78 bits per heavy atom. The summed E-state index contributed by atoms with van der Waals surface area (Å²) in [6.07, 6.45) is 7.65. The van der Waals surface area contributed by atoms with E-state index in [-0.39, 0.29) is 11.8 Å². The van der Waals surface area contributed by atoms with Gasteiger partial charge in [0.15, 0.2) is 0 Å². The molecule has 8 heteroatoms. The average molecular weight is 604 g/mol. The van der Waals surface area contributed by atoms with Crippen LogP contribution in [0.15, 0.2) is 48.7 Å². The summed E-state index contributed by atoms with van der Waals surface area (Å²) in [7, 11) is 0. The van der Waals surface area contributed by atoms with Crippen LogP contribution in [0.3, 0.4) is 0 Å². The minimum absolute atomic E-state index is 0.217. The van der Waals surface area contributed by atoms with Gasteiger partial charge in [0.2, 0.25) is 5.91 Å². The summed E-state index contributed by atoms with van der Waals surface area (Å²) < 4.78 is 0. The lowest BCUT2D eigenvalue weighted by Gasteiger charge is -2.47. The molecule has 1 aliphatic carbocycles. The molecule has 1 saturated carbocycles. The number of amides is 1. The first-order chi connectivity index (χ1) is 21.7. The van der Waals surface area contributed by atoms with E-state index in [1.807, 2.05) is 12.3 Å². The van der Waals surface area contributed by atoms with Crippen LogP contribution in [0.1, 0.15) is 80.3 Å². The molecule has 8 rings (SSSR count). The molecule has 3 aromatic heterocycles. The summed E-state index contributed by atoms with van der Waals surface area (Å²) in [6.45, 7) is 13.3. The van der Waals surface area contributed by atoms with E-state index in [0.29, 0.717) is 12.0 Å². The molecule has 0 unspecified atom stereocenters. The number of nitrogens with one attached hydrogen (secondary N) is 3. The molecule has 8 nitrogen and oxygen atoms in total. The maximum atomic E-state index is 14.1. The topological polar surface area (TPSA) is 103 Å². The number of carbonyl (C=O) groups is 1. The Bertz CT molecular complexity index is 1840. The summed E-state index contributed by atoms with van der Waals surface area (Å²) in [5, 5.41) is 16.0. The van der Waals surface area contributed by atoms with Gasteiger partial charge in [-0.3, -0.25) is 9.78 Å². The zero-order valence-electron chi connectivity index (χ0n) is 27.2. The molecule has 1 amide bonds. The maximum Gasteiger partial charge on any atom is 0.234 e. The van der Waals surface area contributed by atoms with Gasteiger partial charge in [0.1, 0.15) is 11.0 Å². The molecule has 234 valence electrons. The van der Waals surface area contributed by atoms with Crippen LogP contribution < -0.4 is 5.32 Å². The van der Waals surface area contributed by atoms with Crippen molar-refractivity contribution in [2.75, 3.05) is 19.6 Å². The number of rotatable bonds is 9. The van der Waals surface area contributed by atoms with Crippen molar-refractivity contribution in [1.82, 2.24) is 35.6 Å². The maximum absolute atomic E-state index is 14.1. The molecule has 45 heavy (non-hydrogen) atoms. The van der Waals surface area contributed by atoms with E-state index in [1.54, 1.807) is 0 Å². The standard InChI is InChI=1S/C37H45N7O/c1-22-14-23(2)16-27(15-22)35-34(24(3)19-38-13-12-25-8-11-30-31(17-25)42-43-41-30)29-18-33(39-20-32(29)40-35)37(4,5)36(45)44-21-26-6-9-28(44)10-7-26/h8,11,14-18,20,24,26,28,38,40H,6-7,9-10,12-13,19,21H2,1-5H3,(H,41,42,43)/t24-,26?,28?/m1/s1. The SMILES string of the molecule is Cc1cc(C)cc(-c2[nH]c3cnc(C(C)(C)C(=O)N4CC5CCC4CC5)cc3c2[C@H](C)CNCCc2ccc3n[nH]nc3c2)c1. The van der Waals surface area contributed by atoms with Crippen LogP contribution in [0.25, 0.3) is 33.2 Å². The summed E-state index contributed by atoms with van der Waals surface area (Å²) >= 11 is 0. The number of benzene rings is 2. The Balaban J connectivity index is 1.18. The Morgan fingerprint density at radius 3 is 2.51 bits per heavy atom. The summed E-state index contributed by atoms with van der Waals surface area (Å²) in [5.74, 6) is 1.09. The van der Waals surface area contributed by atoms with E-state index in [0.717, 1.165) is 72.2 Å². The van der Waals surface area contributed by atoms with Gasteiger partial charge in [-0.1, -0.05) is 30.2 Å². The van der Waals surface area contributed by atoms with Crippen LogP contribution in [0.4, 0.5) is 0 Å². The summed E-state index contributed by atoms with van der Waals surface area (Å²) in [4.78, 5) is 24.9. The van der Waals surface area contributed by atoms with Crippen molar-refractivity contribution in [2.24, 2.45) is 5.92 Å². The van der Waals surface area contributed by atoms with Gasteiger partial charge in [0.05, 0.1) is 28.5 Å². The number of pyridine rings is 1. The molecule has 3 N–H and O–H groups in total. The van der Waals surface area contributed by atoms with Crippen molar-refractivity contribution in [3.8, 4) is 11.3 Å². The smallest absolute Gasteiger partial charge is 0.234 e. The Labute approximate surface area is 265 Å². The van der Waals surface area contributed by atoms with E-state index in [4.69, 9.17) is 4.98 Å². The van der Waals surface area contributed by atoms with Crippen molar-refractivity contribution in [3.05, 3.63) is 76.6 Å². The van der Waals surface area contributed by atoms with Crippen LogP contribution in [0, 0.1) is 19.8 Å². The van der Waals surface area contributed by atoms with Gasteiger partial charge in [-0.05, 0) is 125 Å². The van der Waals surface area contributed by atoms with Crippen LogP contribution in [0.2, 0.25) is 0 Å². The van der Waals surface area contributed by atoms with Crippen LogP contribution in [-0.2, 0) is 16.6 Å². The van der Waals surface area contributed by atoms with E-state index in [9.17, 15) is 4.79 Å². The van der Waals surface area contributed by atoms with Gasteiger partial charge in [0.25, 0.3) is 0 Å². The number of piperidine rings is 2. The second-order valence-corrected chi connectivity index (χ2v) is 14.2. The fraction of sp³-hybridized carbons (Fsp3) is 0.459. The Hall–Kier alpha value is -4.04. The van der Waals surface area contributed by atoms with Gasteiger partial charge >= 0.3 is 0 Å². The quantitative estimate of drug-likeness (QED) is 0.162. The molecule has 5 aromatic rings. The third kappa shape index (κ3) is 5.65. The number of aryl methyl sites for hydroxylation is 2. The molecule has 2 aromatic carbocycles. The highest BCUT2D eigenvalue weighted by molar-refractivity contribution is 5.93. The number of aromatic amines is 2. The molecular formula is C37H45N7O. The van der Waals surface area contributed by atoms with Crippen LogP contribution >= 0.6 is 0 Å². The lowest BCUT2D eigenvalue weighted by Crippen LogP contribution is -2.55. The highest BCUT2D eigenvalue weighted by Gasteiger charge is 2.43. The average Bonchev–Trinajstić information content (AvgIpc) is 3.67. The van der Waals surface area contributed by atoms with Crippen molar-refractivity contribution in [2.45, 2.75) is 84.1 Å². The van der Waals surface area contributed by atoms with Gasteiger partial charge in [-0.25, -0.2) is 0 Å². The second-order valence-electron chi connectivity index (χ2n) is 14.2. The molecule has 0 radical (unpaired) electrons. The lowest BCUT2D eigenvalue weighted by atomic mass is 9.77. The van der Waals surface area contributed by atoms with Gasteiger partial charge in [-0.2, -0.15) is 15.4 Å². The number of H-pyrrole nitrogens is 2. The molecule has 3 aliphatic rings. The van der Waals surface area contributed by atoms with Gasteiger partial charge in [-0.15, -0.1) is 0 Å². The molecule has 0 spiro atoms. The first-order valence-corrected chi connectivity index (χ1v) is 16.6. The third-order valence-corrected chi connectivity index (χ3v) is 10.3. The summed E-state index contributed by atoms with van der Waals surface area (Å²) in [5.41, 5.74) is 10.3. The fourth-order valence-electron chi connectivity index (χ4n) is 7.79. The third-order valence-electron chi connectivity index (χ3n) is 10.3. The minimum Gasteiger partial charge on any atom is -0.353 e. The highest BCUT2D eigenvalue weighted by atomic mass is 16.2. The molecular weight excluding hydrogens is 558 g/mol. The monoisotopic (exact) mass is 603 g/mol. The first kappa shape index (κ1) is 29.7. The van der Waals surface area contributed by atoms with Crippen molar-refractivity contribution in [3.63, 3.8) is 0 Å². The predicted molar refractivity (Wildman–Crippen MR) is 180 cm³/mol. The molecule has 5 heterocycles. The van der Waals surface area contributed by atoms with E-state index < -0.39 is 5.41 Å². The Kier molecular flexibility index (Phi) is 7.72. The molecule has 3 fully saturated rings. The molecule has 2 bridgehead atoms. The Morgan fingerprint density at radius 1 is 1.02 bits per heavy atom. The first-order valence-electron chi connectivity index (χ1n) is 16.6. The van der Waals surface area contributed by atoms with E-state index in [1.165, 1.54) is 40.7 Å².